The average molecular weight is 549 g/mol. The van der Waals surface area contributed by atoms with Crippen molar-refractivity contribution in [1.29, 1.82) is 0 Å². The van der Waals surface area contributed by atoms with Crippen molar-refractivity contribution in [3.8, 4) is 0 Å². The van der Waals surface area contributed by atoms with Gasteiger partial charge in [0.15, 0.2) is 5.11 Å². The van der Waals surface area contributed by atoms with Crippen molar-refractivity contribution >= 4 is 46.0 Å². The van der Waals surface area contributed by atoms with Gasteiger partial charge in [0.25, 0.3) is 0 Å². The third-order valence-electron chi connectivity index (χ3n) is 6.48. The molecule has 1 amide bonds. The summed E-state index contributed by atoms with van der Waals surface area (Å²) >= 11 is 5.72. The van der Waals surface area contributed by atoms with Crippen molar-refractivity contribution in [3.05, 3.63) is 53.7 Å². The molecule has 2 aromatic carbocycles. The zero-order chi connectivity index (χ0) is 28.3. The molecule has 0 saturated heterocycles. The van der Waals surface area contributed by atoms with Crippen LogP contribution < -0.4 is 15.5 Å². The highest BCUT2D eigenvalue weighted by molar-refractivity contribution is 7.81. The van der Waals surface area contributed by atoms with Crippen LogP contribution in [0, 0.1) is 0 Å². The highest BCUT2D eigenvalue weighted by Crippen LogP contribution is 2.36. The second-order valence-electron chi connectivity index (χ2n) is 9.95. The van der Waals surface area contributed by atoms with E-state index in [2.05, 4.69) is 23.8 Å². The molecular weight excluding hydrogens is 513 g/mol. The molecule has 0 aliphatic rings. The molecule has 2 N–H and O–H groups in total. The number of rotatable bonds is 9. The van der Waals surface area contributed by atoms with Gasteiger partial charge >= 0.3 is 6.18 Å². The Balaban J connectivity index is 1.99. The van der Waals surface area contributed by atoms with Gasteiger partial charge in [-0.25, -0.2) is 0 Å². The summed E-state index contributed by atoms with van der Waals surface area (Å²) in [7, 11) is 0. The standard InChI is InChI=1S/C27H35F3N6OS/c1-6-33(7-2)12-13-35-24-11-10-22(14-20(24)17-32-35)36(26(3,4)5)25(38)34(18-37)21-9-8-19(16-31)23(15-21)27(28,29)30/h8-11,14-15,17-18H,6-7,12-13,16,31H2,1-5H3. The molecule has 3 rings (SSSR count). The molecular formula is C27H35F3N6OS. The van der Waals surface area contributed by atoms with E-state index in [1.807, 2.05) is 43.7 Å². The number of nitrogens with two attached hydrogens (primary N) is 1. The maximum Gasteiger partial charge on any atom is 0.416 e. The second kappa shape index (κ2) is 11.8. The van der Waals surface area contributed by atoms with E-state index in [4.69, 9.17) is 18.0 Å². The summed E-state index contributed by atoms with van der Waals surface area (Å²) in [5, 5.41) is 5.49. The van der Waals surface area contributed by atoms with Gasteiger partial charge in [0.1, 0.15) is 0 Å². The first-order valence-corrected chi connectivity index (χ1v) is 12.9. The third-order valence-corrected chi connectivity index (χ3v) is 6.86. The molecule has 1 aromatic heterocycles. The Hall–Kier alpha value is -3.02. The Labute approximate surface area is 227 Å². The lowest BCUT2D eigenvalue weighted by atomic mass is 10.0. The first-order valence-electron chi connectivity index (χ1n) is 12.5. The number of nitrogens with zero attached hydrogens (tertiary/aromatic N) is 5. The second-order valence-corrected chi connectivity index (χ2v) is 10.3. The largest absolute Gasteiger partial charge is 0.416 e. The summed E-state index contributed by atoms with van der Waals surface area (Å²) in [6.07, 6.45) is -2.41. The molecule has 0 atom stereocenters. The van der Waals surface area contributed by atoms with E-state index in [-0.39, 0.29) is 22.9 Å². The van der Waals surface area contributed by atoms with Crippen LogP contribution in [-0.2, 0) is 24.1 Å². The zero-order valence-electron chi connectivity index (χ0n) is 22.4. The van der Waals surface area contributed by atoms with Gasteiger partial charge in [-0.3, -0.25) is 14.4 Å². The van der Waals surface area contributed by atoms with Crippen LogP contribution in [0.5, 0.6) is 0 Å². The fraction of sp³-hybridized carbons (Fsp3) is 0.444. The van der Waals surface area contributed by atoms with Crippen LogP contribution in [0.1, 0.15) is 45.7 Å². The number of amides is 1. The van der Waals surface area contributed by atoms with E-state index in [0.717, 1.165) is 48.0 Å². The van der Waals surface area contributed by atoms with Gasteiger partial charge in [0, 0.05) is 29.7 Å². The highest BCUT2D eigenvalue weighted by atomic mass is 32.1. The van der Waals surface area contributed by atoms with Gasteiger partial charge in [-0.1, -0.05) is 19.9 Å². The predicted octanol–water partition coefficient (Wildman–Crippen LogP) is 5.41. The minimum atomic E-state index is -4.62. The summed E-state index contributed by atoms with van der Waals surface area (Å²) < 4.78 is 43.0. The van der Waals surface area contributed by atoms with Gasteiger partial charge in [-0.05, 0) is 82.0 Å². The third kappa shape index (κ3) is 6.33. The number of hydrogen-bond acceptors (Lipinski definition) is 5. The van der Waals surface area contributed by atoms with E-state index >= 15 is 0 Å². The first kappa shape index (κ1) is 29.5. The van der Waals surface area contributed by atoms with Gasteiger partial charge in [-0.15, -0.1) is 0 Å². The molecule has 7 nitrogen and oxygen atoms in total. The Morgan fingerprint density at radius 2 is 1.74 bits per heavy atom. The van der Waals surface area contributed by atoms with E-state index < -0.39 is 17.3 Å². The van der Waals surface area contributed by atoms with E-state index in [9.17, 15) is 18.0 Å². The van der Waals surface area contributed by atoms with E-state index in [1.165, 1.54) is 12.1 Å². The number of halogens is 3. The number of fused-ring (bicyclic) bond motifs is 1. The Morgan fingerprint density at radius 1 is 1.08 bits per heavy atom. The number of carbonyl (C=O) groups is 1. The van der Waals surface area contributed by atoms with E-state index in [1.54, 1.807) is 11.1 Å². The monoisotopic (exact) mass is 548 g/mol. The number of hydrogen-bond donors (Lipinski definition) is 1. The number of alkyl halides is 3. The van der Waals surface area contributed by atoms with Crippen molar-refractivity contribution in [3.63, 3.8) is 0 Å². The molecule has 0 fully saturated rings. The van der Waals surface area contributed by atoms with Crippen molar-refractivity contribution < 1.29 is 18.0 Å². The number of carbonyl (C=O) groups excluding carboxylic acids is 1. The maximum absolute atomic E-state index is 13.7. The van der Waals surface area contributed by atoms with Crippen molar-refractivity contribution in [2.45, 2.75) is 59.4 Å². The molecule has 11 heteroatoms. The molecule has 206 valence electrons. The van der Waals surface area contributed by atoms with Crippen molar-refractivity contribution in [2.75, 3.05) is 29.4 Å². The van der Waals surface area contributed by atoms with Crippen molar-refractivity contribution in [2.24, 2.45) is 5.73 Å². The highest BCUT2D eigenvalue weighted by Gasteiger charge is 2.35. The van der Waals surface area contributed by atoms with Crippen LogP contribution in [0.15, 0.2) is 42.6 Å². The van der Waals surface area contributed by atoms with Gasteiger partial charge in [-0.2, -0.15) is 18.3 Å². The molecule has 3 aromatic rings. The molecule has 0 bridgehead atoms. The molecule has 0 aliphatic heterocycles. The predicted molar refractivity (Wildman–Crippen MR) is 150 cm³/mol. The number of benzene rings is 2. The van der Waals surface area contributed by atoms with Gasteiger partial charge in [0.2, 0.25) is 6.41 Å². The van der Waals surface area contributed by atoms with Crippen molar-refractivity contribution in [1.82, 2.24) is 14.7 Å². The van der Waals surface area contributed by atoms with Crippen LogP contribution in [0.25, 0.3) is 10.9 Å². The normalized spacial score (nSPS) is 12.3. The fourth-order valence-corrected chi connectivity index (χ4v) is 4.96. The fourth-order valence-electron chi connectivity index (χ4n) is 4.43. The lowest BCUT2D eigenvalue weighted by molar-refractivity contribution is -0.138. The lowest BCUT2D eigenvalue weighted by Gasteiger charge is -2.40. The van der Waals surface area contributed by atoms with E-state index in [0.29, 0.717) is 12.1 Å². The van der Waals surface area contributed by atoms with Crippen LogP contribution in [0.4, 0.5) is 24.5 Å². The molecule has 1 heterocycles. The first-order chi connectivity index (χ1) is 17.8. The summed E-state index contributed by atoms with van der Waals surface area (Å²) in [6.45, 7) is 13.3. The lowest BCUT2D eigenvalue weighted by Crippen LogP contribution is -2.52. The smallest absolute Gasteiger partial charge is 0.326 e. The summed E-state index contributed by atoms with van der Waals surface area (Å²) in [4.78, 5) is 17.3. The van der Waals surface area contributed by atoms with Crippen LogP contribution in [-0.4, -0.2) is 51.4 Å². The number of likely N-dealkylation sites (N-methyl/N-ethyl adjacent to an activating group) is 1. The Bertz CT molecular complexity index is 1280. The molecule has 0 spiro atoms. The molecule has 38 heavy (non-hydrogen) atoms. The number of aromatic nitrogens is 2. The molecule has 0 unspecified atom stereocenters. The SMILES string of the molecule is CCN(CC)CCn1ncc2cc(N(C(=S)N(C=O)c3ccc(CN)c(C(F)(F)F)c3)C(C)(C)C)ccc21. The van der Waals surface area contributed by atoms with Crippen LogP contribution in [0.2, 0.25) is 0 Å². The minimum Gasteiger partial charge on any atom is -0.326 e. The molecule has 0 aliphatic carbocycles. The minimum absolute atomic E-state index is 0.00840. The maximum atomic E-state index is 13.7. The summed E-state index contributed by atoms with van der Waals surface area (Å²) in [6, 6.07) is 9.36. The molecule has 0 saturated carbocycles. The van der Waals surface area contributed by atoms with Gasteiger partial charge < -0.3 is 15.5 Å². The zero-order valence-corrected chi connectivity index (χ0v) is 23.2. The van der Waals surface area contributed by atoms with Crippen LogP contribution in [0.3, 0.4) is 0 Å². The Morgan fingerprint density at radius 3 is 2.29 bits per heavy atom. The number of anilines is 2. The molecule has 0 radical (unpaired) electrons. The summed E-state index contributed by atoms with van der Waals surface area (Å²) in [5.74, 6) is 0. The average Bonchev–Trinajstić information content (AvgIpc) is 3.26. The van der Waals surface area contributed by atoms with Crippen LogP contribution >= 0.6 is 12.2 Å². The topological polar surface area (TPSA) is 70.6 Å². The number of thiocarbonyl (C=S) groups is 1. The van der Waals surface area contributed by atoms with Gasteiger partial charge in [0.05, 0.1) is 29.5 Å². The summed E-state index contributed by atoms with van der Waals surface area (Å²) in [5.41, 5.74) is 5.62. The quantitative estimate of drug-likeness (QED) is 0.285. The Kier molecular flexibility index (Phi) is 9.17.